The van der Waals surface area contributed by atoms with Gasteiger partial charge in [0.1, 0.15) is 6.04 Å². The van der Waals surface area contributed by atoms with Gasteiger partial charge in [0.05, 0.1) is 11.6 Å². The van der Waals surface area contributed by atoms with Crippen LogP contribution < -0.4 is 5.32 Å². The number of nitrogens with zero attached hydrogens (tertiary/aromatic N) is 2. The third-order valence-electron chi connectivity index (χ3n) is 3.80. The van der Waals surface area contributed by atoms with Gasteiger partial charge in [0.2, 0.25) is 5.91 Å². The monoisotopic (exact) mass is 307 g/mol. The third-order valence-corrected chi connectivity index (χ3v) is 3.80. The number of likely N-dealkylation sites (N-methyl/N-ethyl adjacent to an activating group) is 1. The minimum Gasteiger partial charge on any atom is -0.350 e. The molecular formula is C19H21N3O. The molecule has 2 aromatic carbocycles. The van der Waals surface area contributed by atoms with E-state index in [4.69, 9.17) is 5.26 Å². The summed E-state index contributed by atoms with van der Waals surface area (Å²) in [6, 6.07) is 16.9. The van der Waals surface area contributed by atoms with Crippen molar-refractivity contribution in [1.82, 2.24) is 10.2 Å². The van der Waals surface area contributed by atoms with Crippen LogP contribution in [0.1, 0.15) is 28.3 Å². The number of carbonyl (C=O) groups is 1. The van der Waals surface area contributed by atoms with Crippen molar-refractivity contribution >= 4 is 5.91 Å². The zero-order valence-corrected chi connectivity index (χ0v) is 13.7. The van der Waals surface area contributed by atoms with Gasteiger partial charge < -0.3 is 5.32 Å². The molecule has 0 aliphatic heterocycles. The molecule has 4 nitrogen and oxygen atoms in total. The van der Waals surface area contributed by atoms with Crippen molar-refractivity contribution in [1.29, 1.82) is 5.26 Å². The largest absolute Gasteiger partial charge is 0.350 e. The first-order valence-corrected chi connectivity index (χ1v) is 7.51. The van der Waals surface area contributed by atoms with Crippen LogP contribution in [0.4, 0.5) is 0 Å². The number of nitriles is 1. The Morgan fingerprint density at radius 2 is 1.83 bits per heavy atom. The number of amides is 1. The van der Waals surface area contributed by atoms with Crippen LogP contribution in [0.15, 0.2) is 48.5 Å². The molecule has 2 rings (SSSR count). The molecule has 0 aliphatic carbocycles. The second-order valence-electron chi connectivity index (χ2n) is 5.75. The fourth-order valence-corrected chi connectivity index (χ4v) is 2.53. The van der Waals surface area contributed by atoms with Crippen LogP contribution in [-0.2, 0) is 11.3 Å². The lowest BCUT2D eigenvalue weighted by atomic mass is 9.99. The lowest BCUT2D eigenvalue weighted by molar-refractivity contribution is -0.126. The van der Waals surface area contributed by atoms with Gasteiger partial charge in [-0.2, -0.15) is 5.26 Å². The Balaban J connectivity index is 2.10. The van der Waals surface area contributed by atoms with Gasteiger partial charge in [0.25, 0.3) is 0 Å². The highest BCUT2D eigenvalue weighted by Crippen LogP contribution is 2.22. The Morgan fingerprint density at radius 3 is 2.39 bits per heavy atom. The molecule has 118 valence electrons. The molecule has 23 heavy (non-hydrogen) atoms. The number of hydrogen-bond acceptors (Lipinski definition) is 3. The molecule has 1 amide bonds. The van der Waals surface area contributed by atoms with Crippen LogP contribution in [0.25, 0.3) is 0 Å². The zero-order chi connectivity index (χ0) is 16.8. The molecule has 0 aromatic heterocycles. The predicted molar refractivity (Wildman–Crippen MR) is 90.6 cm³/mol. The van der Waals surface area contributed by atoms with E-state index in [2.05, 4.69) is 11.4 Å². The lowest BCUT2D eigenvalue weighted by Gasteiger charge is -2.25. The minimum atomic E-state index is -0.324. The molecule has 0 bridgehead atoms. The summed E-state index contributed by atoms with van der Waals surface area (Å²) in [6.45, 7) is 2.46. The van der Waals surface area contributed by atoms with Crippen molar-refractivity contribution < 1.29 is 4.79 Å². The molecule has 0 fully saturated rings. The maximum absolute atomic E-state index is 12.6. The first kappa shape index (κ1) is 16.7. The van der Waals surface area contributed by atoms with Crippen LogP contribution in [0, 0.1) is 18.3 Å². The second kappa shape index (κ2) is 7.57. The summed E-state index contributed by atoms with van der Waals surface area (Å²) in [7, 11) is 3.80. The topological polar surface area (TPSA) is 56.1 Å². The number of hydrogen-bond donors (Lipinski definition) is 1. The third kappa shape index (κ3) is 4.18. The predicted octanol–water partition coefficient (Wildman–Crippen LogP) is 2.79. The number of aryl methyl sites for hydroxylation is 1. The zero-order valence-electron chi connectivity index (χ0n) is 13.7. The highest BCUT2D eigenvalue weighted by Gasteiger charge is 2.23. The van der Waals surface area contributed by atoms with Gasteiger partial charge in [-0.1, -0.05) is 36.4 Å². The van der Waals surface area contributed by atoms with E-state index < -0.39 is 0 Å². The number of carbonyl (C=O) groups excluding carboxylic acids is 1. The number of nitrogens with one attached hydrogen (secondary N) is 1. The van der Waals surface area contributed by atoms with E-state index in [0.29, 0.717) is 12.1 Å². The summed E-state index contributed by atoms with van der Waals surface area (Å²) >= 11 is 0. The van der Waals surface area contributed by atoms with Crippen LogP contribution >= 0.6 is 0 Å². The molecule has 0 radical (unpaired) electrons. The van der Waals surface area contributed by atoms with Gasteiger partial charge in [-0.3, -0.25) is 9.69 Å². The van der Waals surface area contributed by atoms with Gasteiger partial charge in [-0.15, -0.1) is 0 Å². The smallest absolute Gasteiger partial charge is 0.242 e. The molecular weight excluding hydrogens is 286 g/mol. The molecule has 2 aromatic rings. The van der Waals surface area contributed by atoms with Crippen molar-refractivity contribution in [3.63, 3.8) is 0 Å². The maximum Gasteiger partial charge on any atom is 0.242 e. The number of benzene rings is 2. The Morgan fingerprint density at radius 1 is 1.17 bits per heavy atom. The average Bonchev–Trinajstić information content (AvgIpc) is 2.55. The SMILES string of the molecule is Cc1ccccc1[C@@H](C(=O)NCc1ccc(C#N)cc1)N(C)C. The van der Waals surface area contributed by atoms with Crippen molar-refractivity contribution in [2.24, 2.45) is 0 Å². The van der Waals surface area contributed by atoms with E-state index in [9.17, 15) is 4.79 Å². The average molecular weight is 307 g/mol. The van der Waals surface area contributed by atoms with E-state index in [1.807, 2.05) is 62.3 Å². The molecule has 0 unspecified atom stereocenters. The van der Waals surface area contributed by atoms with Gasteiger partial charge in [-0.25, -0.2) is 0 Å². The summed E-state index contributed by atoms with van der Waals surface area (Å²) in [4.78, 5) is 14.5. The molecule has 0 saturated heterocycles. The lowest BCUT2D eigenvalue weighted by Crippen LogP contribution is -2.37. The van der Waals surface area contributed by atoms with E-state index in [-0.39, 0.29) is 11.9 Å². The highest BCUT2D eigenvalue weighted by molar-refractivity contribution is 5.83. The van der Waals surface area contributed by atoms with Crippen molar-refractivity contribution in [3.05, 3.63) is 70.8 Å². The fourth-order valence-electron chi connectivity index (χ4n) is 2.53. The quantitative estimate of drug-likeness (QED) is 0.924. The molecule has 0 aliphatic rings. The standard InChI is InChI=1S/C19H21N3O/c1-14-6-4-5-7-17(14)18(22(2)3)19(23)21-13-16-10-8-15(12-20)9-11-16/h4-11,18H,13H2,1-3H3,(H,21,23)/t18-/m0/s1. The van der Waals surface area contributed by atoms with Crippen molar-refractivity contribution in [3.8, 4) is 6.07 Å². The molecule has 1 atom stereocenters. The fraction of sp³-hybridized carbons (Fsp3) is 0.263. The van der Waals surface area contributed by atoms with Crippen molar-refractivity contribution in [2.45, 2.75) is 19.5 Å². The Labute approximate surface area is 137 Å². The normalized spacial score (nSPS) is 11.8. The first-order chi connectivity index (χ1) is 11.0. The Bertz CT molecular complexity index is 714. The number of rotatable bonds is 5. The van der Waals surface area contributed by atoms with Crippen LogP contribution in [0.5, 0.6) is 0 Å². The molecule has 0 saturated carbocycles. The van der Waals surface area contributed by atoms with Gasteiger partial charge >= 0.3 is 0 Å². The second-order valence-corrected chi connectivity index (χ2v) is 5.75. The molecule has 1 N–H and O–H groups in total. The highest BCUT2D eigenvalue weighted by atomic mass is 16.2. The summed E-state index contributed by atoms with van der Waals surface area (Å²) in [6.07, 6.45) is 0. The van der Waals surface area contributed by atoms with E-state index in [0.717, 1.165) is 16.7 Å². The van der Waals surface area contributed by atoms with Crippen molar-refractivity contribution in [2.75, 3.05) is 14.1 Å². The molecule has 0 spiro atoms. The van der Waals surface area contributed by atoms with Crippen LogP contribution in [0.2, 0.25) is 0 Å². The first-order valence-electron chi connectivity index (χ1n) is 7.51. The Hall–Kier alpha value is -2.64. The summed E-state index contributed by atoms with van der Waals surface area (Å²) < 4.78 is 0. The maximum atomic E-state index is 12.6. The molecule has 4 heteroatoms. The Kier molecular flexibility index (Phi) is 5.51. The summed E-state index contributed by atoms with van der Waals surface area (Å²) in [5, 5.41) is 11.8. The van der Waals surface area contributed by atoms with Gasteiger partial charge in [0.15, 0.2) is 0 Å². The van der Waals surface area contributed by atoms with Gasteiger partial charge in [-0.05, 0) is 49.8 Å². The van der Waals surface area contributed by atoms with Crippen LogP contribution in [-0.4, -0.2) is 24.9 Å². The van der Waals surface area contributed by atoms with E-state index >= 15 is 0 Å². The van der Waals surface area contributed by atoms with Crippen LogP contribution in [0.3, 0.4) is 0 Å². The van der Waals surface area contributed by atoms with E-state index in [1.165, 1.54) is 0 Å². The minimum absolute atomic E-state index is 0.0336. The summed E-state index contributed by atoms with van der Waals surface area (Å²) in [5.41, 5.74) is 3.69. The molecule has 0 heterocycles. The summed E-state index contributed by atoms with van der Waals surface area (Å²) in [5.74, 6) is -0.0336. The van der Waals surface area contributed by atoms with Gasteiger partial charge in [0, 0.05) is 6.54 Å². The van der Waals surface area contributed by atoms with E-state index in [1.54, 1.807) is 12.1 Å².